The lowest BCUT2D eigenvalue weighted by atomic mass is 10.1. The summed E-state index contributed by atoms with van der Waals surface area (Å²) in [4.78, 5) is 2.17. The van der Waals surface area contributed by atoms with Crippen LogP contribution < -0.4 is 10.6 Å². The third kappa shape index (κ3) is 3.32. The van der Waals surface area contributed by atoms with Gasteiger partial charge in [0.1, 0.15) is 0 Å². The van der Waals surface area contributed by atoms with Crippen LogP contribution in [0.5, 0.6) is 0 Å². The molecular formula is C14H20ClN3O. The van der Waals surface area contributed by atoms with Gasteiger partial charge >= 0.3 is 0 Å². The molecule has 0 bridgehead atoms. The minimum atomic E-state index is 0.0933. The topological polar surface area (TPSA) is 61.8 Å². The molecule has 1 saturated carbocycles. The fraction of sp³-hybridized carbons (Fsp3) is 0.500. The van der Waals surface area contributed by atoms with E-state index in [2.05, 4.69) is 10.1 Å². The number of hydrogen-bond acceptors (Lipinski definition) is 3. The zero-order chi connectivity index (χ0) is 13.8. The maximum atomic E-state index is 8.87. The molecule has 0 spiro atoms. The van der Waals surface area contributed by atoms with E-state index in [9.17, 15) is 0 Å². The lowest BCUT2D eigenvalue weighted by molar-refractivity contribution is 0.318. The van der Waals surface area contributed by atoms with Gasteiger partial charge in [0.2, 0.25) is 0 Å². The standard InChI is InChI=1S/C14H20ClN3O/c1-18(9-10-4-2-3-5-10)13-7-6-11(15)8-12(13)14(16)17-19/h6-8,10,19H,2-5,9H2,1H3,(H2,16,17). The second-order valence-electron chi connectivity index (χ2n) is 5.18. The Morgan fingerprint density at radius 1 is 1.47 bits per heavy atom. The Labute approximate surface area is 118 Å². The van der Waals surface area contributed by atoms with E-state index in [0.717, 1.165) is 18.2 Å². The maximum absolute atomic E-state index is 8.87. The molecule has 0 radical (unpaired) electrons. The van der Waals surface area contributed by atoms with E-state index >= 15 is 0 Å². The van der Waals surface area contributed by atoms with Crippen LogP contribution in [0.25, 0.3) is 0 Å². The van der Waals surface area contributed by atoms with Gasteiger partial charge in [-0.15, -0.1) is 0 Å². The average molecular weight is 282 g/mol. The number of amidine groups is 1. The highest BCUT2D eigenvalue weighted by atomic mass is 35.5. The molecular weight excluding hydrogens is 262 g/mol. The van der Waals surface area contributed by atoms with Gasteiger partial charge in [-0.05, 0) is 37.0 Å². The van der Waals surface area contributed by atoms with Crippen LogP contribution in [-0.2, 0) is 0 Å². The van der Waals surface area contributed by atoms with Crippen molar-refractivity contribution in [2.45, 2.75) is 25.7 Å². The number of nitrogens with two attached hydrogens (primary N) is 1. The first-order valence-corrected chi connectivity index (χ1v) is 6.98. The van der Waals surface area contributed by atoms with Gasteiger partial charge in [-0.25, -0.2) is 0 Å². The van der Waals surface area contributed by atoms with Gasteiger partial charge in [0.15, 0.2) is 5.84 Å². The van der Waals surface area contributed by atoms with E-state index in [0.29, 0.717) is 10.6 Å². The van der Waals surface area contributed by atoms with Crippen molar-refractivity contribution in [3.8, 4) is 0 Å². The summed E-state index contributed by atoms with van der Waals surface area (Å²) in [5, 5.41) is 12.5. The zero-order valence-corrected chi connectivity index (χ0v) is 11.9. The third-order valence-electron chi connectivity index (χ3n) is 3.76. The summed E-state index contributed by atoms with van der Waals surface area (Å²) >= 11 is 5.98. The Morgan fingerprint density at radius 3 is 2.79 bits per heavy atom. The highest BCUT2D eigenvalue weighted by Crippen LogP contribution is 2.29. The number of anilines is 1. The van der Waals surface area contributed by atoms with Gasteiger partial charge in [-0.1, -0.05) is 29.6 Å². The van der Waals surface area contributed by atoms with Crippen LogP contribution in [0.15, 0.2) is 23.4 Å². The largest absolute Gasteiger partial charge is 0.409 e. The van der Waals surface area contributed by atoms with Gasteiger partial charge in [0.25, 0.3) is 0 Å². The summed E-state index contributed by atoms with van der Waals surface area (Å²) < 4.78 is 0. The minimum Gasteiger partial charge on any atom is -0.409 e. The Morgan fingerprint density at radius 2 is 2.16 bits per heavy atom. The molecule has 5 heteroatoms. The third-order valence-corrected chi connectivity index (χ3v) is 4.00. The Kier molecular flexibility index (Phi) is 4.53. The number of hydrogen-bond donors (Lipinski definition) is 2. The predicted octanol–water partition coefficient (Wildman–Crippen LogP) is 3.06. The van der Waals surface area contributed by atoms with Crippen molar-refractivity contribution < 1.29 is 5.21 Å². The SMILES string of the molecule is CN(CC1CCCC1)c1ccc(Cl)cc1C(N)=NO. The summed E-state index contributed by atoms with van der Waals surface area (Å²) in [6.07, 6.45) is 5.23. The molecule has 0 saturated heterocycles. The maximum Gasteiger partial charge on any atom is 0.172 e. The average Bonchev–Trinajstić information content (AvgIpc) is 2.90. The number of rotatable bonds is 4. The summed E-state index contributed by atoms with van der Waals surface area (Å²) in [6, 6.07) is 5.48. The van der Waals surface area contributed by atoms with Crippen LogP contribution in [0.3, 0.4) is 0 Å². The van der Waals surface area contributed by atoms with Gasteiger partial charge < -0.3 is 15.8 Å². The smallest absolute Gasteiger partial charge is 0.172 e. The lowest BCUT2D eigenvalue weighted by Crippen LogP contribution is -2.27. The van der Waals surface area contributed by atoms with Crippen LogP contribution in [-0.4, -0.2) is 24.6 Å². The fourth-order valence-corrected chi connectivity index (χ4v) is 2.95. The number of halogens is 1. The number of benzene rings is 1. The van der Waals surface area contributed by atoms with Gasteiger partial charge in [-0.3, -0.25) is 0 Å². The van der Waals surface area contributed by atoms with Crippen molar-refractivity contribution in [3.63, 3.8) is 0 Å². The molecule has 1 aliphatic carbocycles. The number of nitrogens with zero attached hydrogens (tertiary/aromatic N) is 2. The lowest BCUT2D eigenvalue weighted by Gasteiger charge is -2.25. The van der Waals surface area contributed by atoms with Crippen molar-refractivity contribution in [3.05, 3.63) is 28.8 Å². The molecule has 1 fully saturated rings. The second-order valence-corrected chi connectivity index (χ2v) is 5.61. The van der Waals surface area contributed by atoms with E-state index in [-0.39, 0.29) is 5.84 Å². The Hall–Kier alpha value is -1.42. The highest BCUT2D eigenvalue weighted by Gasteiger charge is 2.19. The van der Waals surface area contributed by atoms with E-state index in [1.807, 2.05) is 19.2 Å². The van der Waals surface area contributed by atoms with Gasteiger partial charge in [0, 0.05) is 29.9 Å². The molecule has 1 aliphatic rings. The molecule has 0 heterocycles. The van der Waals surface area contributed by atoms with Crippen molar-refractivity contribution in [2.75, 3.05) is 18.5 Å². The molecule has 0 unspecified atom stereocenters. The summed E-state index contributed by atoms with van der Waals surface area (Å²) in [5.74, 6) is 0.830. The van der Waals surface area contributed by atoms with Crippen molar-refractivity contribution in [1.29, 1.82) is 0 Å². The summed E-state index contributed by atoms with van der Waals surface area (Å²) in [6.45, 7) is 0.993. The summed E-state index contributed by atoms with van der Waals surface area (Å²) in [7, 11) is 2.04. The van der Waals surface area contributed by atoms with E-state index in [1.165, 1.54) is 25.7 Å². The first-order valence-electron chi connectivity index (χ1n) is 6.60. The van der Waals surface area contributed by atoms with Crippen LogP contribution in [0, 0.1) is 5.92 Å². The van der Waals surface area contributed by atoms with Crippen molar-refractivity contribution >= 4 is 23.1 Å². The van der Waals surface area contributed by atoms with Crippen LogP contribution in [0.4, 0.5) is 5.69 Å². The molecule has 0 amide bonds. The molecule has 0 aliphatic heterocycles. The molecule has 0 aromatic heterocycles. The van der Waals surface area contributed by atoms with Crippen molar-refractivity contribution in [2.24, 2.45) is 16.8 Å². The molecule has 2 rings (SSSR count). The molecule has 4 nitrogen and oxygen atoms in total. The van der Waals surface area contributed by atoms with E-state index in [4.69, 9.17) is 22.5 Å². The monoisotopic (exact) mass is 281 g/mol. The summed E-state index contributed by atoms with van der Waals surface area (Å²) in [5.41, 5.74) is 7.35. The molecule has 104 valence electrons. The Balaban J connectivity index is 2.22. The molecule has 0 atom stereocenters. The predicted molar refractivity (Wildman–Crippen MR) is 79.2 cm³/mol. The molecule has 1 aromatic rings. The molecule has 1 aromatic carbocycles. The van der Waals surface area contributed by atoms with Crippen molar-refractivity contribution in [1.82, 2.24) is 0 Å². The number of oxime groups is 1. The van der Waals surface area contributed by atoms with Gasteiger partial charge in [-0.2, -0.15) is 0 Å². The second kappa shape index (κ2) is 6.15. The minimum absolute atomic E-state index is 0.0933. The van der Waals surface area contributed by atoms with Crippen LogP contribution in [0.1, 0.15) is 31.2 Å². The normalized spacial score (nSPS) is 16.8. The van der Waals surface area contributed by atoms with E-state index < -0.39 is 0 Å². The van der Waals surface area contributed by atoms with Gasteiger partial charge in [0.05, 0.1) is 0 Å². The first-order chi connectivity index (χ1) is 9.11. The highest BCUT2D eigenvalue weighted by molar-refractivity contribution is 6.31. The fourth-order valence-electron chi connectivity index (χ4n) is 2.78. The molecule has 19 heavy (non-hydrogen) atoms. The first kappa shape index (κ1) is 14.0. The Bertz CT molecular complexity index is 470. The quantitative estimate of drug-likeness (QED) is 0.386. The molecule has 3 N–H and O–H groups in total. The van der Waals surface area contributed by atoms with Crippen LogP contribution >= 0.6 is 11.6 Å². The zero-order valence-electron chi connectivity index (χ0n) is 11.1. The van der Waals surface area contributed by atoms with Crippen LogP contribution in [0.2, 0.25) is 5.02 Å². The van der Waals surface area contributed by atoms with E-state index in [1.54, 1.807) is 6.07 Å².